The van der Waals surface area contributed by atoms with Crippen LogP contribution >= 0.6 is 11.6 Å². The van der Waals surface area contributed by atoms with Crippen molar-refractivity contribution < 1.29 is 5.11 Å². The minimum absolute atomic E-state index is 0.0705. The maximum Gasteiger partial charge on any atom is 0.261 e. The molecule has 0 bridgehead atoms. The summed E-state index contributed by atoms with van der Waals surface area (Å²) in [6.45, 7) is -0.0705. The Balaban J connectivity index is 1.89. The lowest BCUT2D eigenvalue weighted by atomic mass is 9.99. The van der Waals surface area contributed by atoms with E-state index >= 15 is 0 Å². The number of hydrogen-bond donors (Lipinski definition) is 2. The number of pyridine rings is 1. The highest BCUT2D eigenvalue weighted by Gasteiger charge is 2.19. The number of rotatable bonds is 4. The maximum atomic E-state index is 13.2. The zero-order valence-electron chi connectivity index (χ0n) is 16.1. The van der Waals surface area contributed by atoms with E-state index in [1.54, 1.807) is 43.6 Å². The number of aliphatic hydroxyl groups excluding tert-OH is 1. The molecule has 7 heteroatoms. The molecular weight excluding hydrogens is 400 g/mol. The number of halogens is 1. The molecule has 30 heavy (non-hydrogen) atoms. The molecule has 4 rings (SSSR count). The average molecular weight is 417 g/mol. The second kappa shape index (κ2) is 7.99. The Morgan fingerprint density at radius 1 is 1.23 bits per heavy atom. The smallest absolute Gasteiger partial charge is 0.261 e. The Morgan fingerprint density at radius 3 is 2.77 bits per heavy atom. The van der Waals surface area contributed by atoms with E-state index in [-0.39, 0.29) is 12.2 Å². The fraction of sp³-hybridized carbons (Fsp3) is 0.0870. The van der Waals surface area contributed by atoms with Crippen LogP contribution in [0.2, 0.25) is 5.02 Å². The van der Waals surface area contributed by atoms with E-state index in [0.29, 0.717) is 38.7 Å². The summed E-state index contributed by atoms with van der Waals surface area (Å²) in [4.78, 5) is 22.0. The summed E-state index contributed by atoms with van der Waals surface area (Å²) in [5, 5.41) is 13.4. The number of hydrogen-bond acceptors (Lipinski definition) is 5. The molecule has 0 unspecified atom stereocenters. The number of aryl methyl sites for hydroxylation is 1. The maximum absolute atomic E-state index is 13.2. The highest BCUT2D eigenvalue weighted by atomic mass is 35.5. The van der Waals surface area contributed by atoms with Crippen LogP contribution in [-0.4, -0.2) is 19.6 Å². The summed E-state index contributed by atoms with van der Waals surface area (Å²) < 4.78 is 1.44. The van der Waals surface area contributed by atoms with Crippen LogP contribution in [0, 0.1) is 12.3 Å². The third-order valence-corrected chi connectivity index (χ3v) is 5.11. The molecule has 0 aliphatic rings. The SMILES string of the molecule is C#Cc1c(-c2ccccc2Cl)c(=O)n(C)c2nc(Nc3cccc(CO)c3)ncc12. The lowest BCUT2D eigenvalue weighted by Gasteiger charge is -2.14. The van der Waals surface area contributed by atoms with Gasteiger partial charge in [0.2, 0.25) is 5.95 Å². The molecule has 0 amide bonds. The van der Waals surface area contributed by atoms with E-state index in [1.165, 1.54) is 4.57 Å². The molecule has 2 heterocycles. The van der Waals surface area contributed by atoms with Gasteiger partial charge in [-0.25, -0.2) is 4.98 Å². The fourth-order valence-electron chi connectivity index (χ4n) is 3.31. The van der Waals surface area contributed by atoms with Gasteiger partial charge in [0.1, 0.15) is 5.65 Å². The van der Waals surface area contributed by atoms with Crippen molar-refractivity contribution in [1.29, 1.82) is 0 Å². The Labute approximate surface area is 177 Å². The zero-order valence-corrected chi connectivity index (χ0v) is 16.8. The topological polar surface area (TPSA) is 80.0 Å². The minimum Gasteiger partial charge on any atom is -0.392 e. The van der Waals surface area contributed by atoms with E-state index in [9.17, 15) is 9.90 Å². The first-order valence-electron chi connectivity index (χ1n) is 9.11. The highest BCUT2D eigenvalue weighted by Crippen LogP contribution is 2.31. The van der Waals surface area contributed by atoms with Gasteiger partial charge in [-0.1, -0.05) is 47.9 Å². The van der Waals surface area contributed by atoms with Gasteiger partial charge in [-0.15, -0.1) is 6.42 Å². The predicted molar refractivity (Wildman–Crippen MR) is 119 cm³/mol. The van der Waals surface area contributed by atoms with Gasteiger partial charge in [0, 0.05) is 29.5 Å². The summed E-state index contributed by atoms with van der Waals surface area (Å²) in [7, 11) is 1.63. The van der Waals surface area contributed by atoms with Gasteiger partial charge in [-0.3, -0.25) is 9.36 Å². The molecule has 4 aromatic rings. The lowest BCUT2D eigenvalue weighted by Crippen LogP contribution is -2.22. The summed E-state index contributed by atoms with van der Waals surface area (Å²) >= 11 is 6.33. The van der Waals surface area contributed by atoms with Crippen molar-refractivity contribution in [2.75, 3.05) is 5.32 Å². The van der Waals surface area contributed by atoms with E-state index in [4.69, 9.17) is 18.0 Å². The van der Waals surface area contributed by atoms with Gasteiger partial charge in [0.05, 0.1) is 23.1 Å². The van der Waals surface area contributed by atoms with Crippen LogP contribution in [0.25, 0.3) is 22.2 Å². The van der Waals surface area contributed by atoms with Crippen molar-refractivity contribution in [2.24, 2.45) is 7.05 Å². The second-order valence-corrected chi connectivity index (χ2v) is 7.06. The molecule has 0 atom stereocenters. The zero-order chi connectivity index (χ0) is 21.3. The summed E-state index contributed by atoms with van der Waals surface area (Å²) in [5.41, 5.74) is 2.89. The lowest BCUT2D eigenvalue weighted by molar-refractivity contribution is 0.282. The molecule has 0 saturated heterocycles. The third kappa shape index (κ3) is 3.41. The number of terminal acetylenes is 1. The Hall–Kier alpha value is -3.66. The standard InChI is InChI=1S/C23H17ClN4O2/c1-3-16-18-12-25-23(26-15-8-6-7-14(11-15)13-29)27-21(18)28(2)22(30)20(16)17-9-4-5-10-19(17)24/h1,4-12,29H,13H2,2H3,(H,25,26,27). The molecule has 0 radical (unpaired) electrons. The van der Waals surface area contributed by atoms with Crippen LogP contribution in [-0.2, 0) is 13.7 Å². The Bertz CT molecular complexity index is 1370. The van der Waals surface area contributed by atoms with Crippen LogP contribution < -0.4 is 10.9 Å². The largest absolute Gasteiger partial charge is 0.392 e. The Kier molecular flexibility index (Phi) is 5.23. The number of aromatic nitrogens is 3. The van der Waals surface area contributed by atoms with Gasteiger partial charge in [-0.2, -0.15) is 4.98 Å². The van der Waals surface area contributed by atoms with E-state index in [2.05, 4.69) is 21.2 Å². The van der Waals surface area contributed by atoms with E-state index in [1.807, 2.05) is 18.2 Å². The first kappa shape index (κ1) is 19.6. The molecule has 0 fully saturated rings. The van der Waals surface area contributed by atoms with Gasteiger partial charge in [0.15, 0.2) is 0 Å². The molecule has 2 aromatic carbocycles. The number of aliphatic hydroxyl groups is 1. The number of fused-ring (bicyclic) bond motifs is 1. The molecule has 0 spiro atoms. The van der Waals surface area contributed by atoms with Gasteiger partial charge < -0.3 is 10.4 Å². The Morgan fingerprint density at radius 2 is 2.03 bits per heavy atom. The predicted octanol–water partition coefficient (Wildman–Crippen LogP) is 3.87. The average Bonchev–Trinajstić information content (AvgIpc) is 2.77. The summed E-state index contributed by atoms with van der Waals surface area (Å²) in [6.07, 6.45) is 7.37. The van der Waals surface area contributed by atoms with Crippen LogP contribution in [0.5, 0.6) is 0 Å². The van der Waals surface area contributed by atoms with Crippen LogP contribution in [0.1, 0.15) is 11.1 Å². The number of nitrogens with one attached hydrogen (secondary N) is 1. The number of nitrogens with zero attached hydrogens (tertiary/aromatic N) is 3. The molecule has 0 aliphatic carbocycles. The quantitative estimate of drug-likeness (QED) is 0.494. The molecule has 2 aromatic heterocycles. The third-order valence-electron chi connectivity index (χ3n) is 4.78. The van der Waals surface area contributed by atoms with E-state index in [0.717, 1.165) is 11.3 Å². The summed E-state index contributed by atoms with van der Waals surface area (Å²) in [6, 6.07) is 14.3. The van der Waals surface area contributed by atoms with Gasteiger partial charge in [0.25, 0.3) is 5.56 Å². The second-order valence-electron chi connectivity index (χ2n) is 6.65. The van der Waals surface area contributed by atoms with Crippen molar-refractivity contribution in [1.82, 2.24) is 14.5 Å². The summed E-state index contributed by atoms with van der Waals surface area (Å²) in [5.74, 6) is 2.92. The normalized spacial score (nSPS) is 10.7. The molecule has 148 valence electrons. The molecule has 0 saturated carbocycles. The molecular formula is C23H17ClN4O2. The van der Waals surface area contributed by atoms with Crippen LogP contribution in [0.15, 0.2) is 59.5 Å². The first-order valence-corrected chi connectivity index (χ1v) is 9.49. The molecule has 2 N–H and O–H groups in total. The van der Waals surface area contributed by atoms with Crippen molar-refractivity contribution >= 4 is 34.3 Å². The molecule has 6 nitrogen and oxygen atoms in total. The van der Waals surface area contributed by atoms with Crippen LogP contribution in [0.3, 0.4) is 0 Å². The van der Waals surface area contributed by atoms with Crippen molar-refractivity contribution in [3.63, 3.8) is 0 Å². The minimum atomic E-state index is -0.296. The van der Waals surface area contributed by atoms with Crippen molar-refractivity contribution in [2.45, 2.75) is 6.61 Å². The van der Waals surface area contributed by atoms with Gasteiger partial charge in [-0.05, 0) is 23.8 Å². The highest BCUT2D eigenvalue weighted by molar-refractivity contribution is 6.33. The van der Waals surface area contributed by atoms with Crippen molar-refractivity contribution in [3.8, 4) is 23.5 Å². The van der Waals surface area contributed by atoms with Crippen LogP contribution in [0.4, 0.5) is 11.6 Å². The van der Waals surface area contributed by atoms with E-state index < -0.39 is 0 Å². The first-order chi connectivity index (χ1) is 14.5. The fourth-order valence-corrected chi connectivity index (χ4v) is 3.54. The van der Waals surface area contributed by atoms with Gasteiger partial charge >= 0.3 is 0 Å². The number of anilines is 2. The monoisotopic (exact) mass is 416 g/mol. The number of benzene rings is 2. The van der Waals surface area contributed by atoms with Crippen molar-refractivity contribution in [3.05, 3.63) is 81.2 Å². The molecule has 0 aliphatic heterocycles.